The van der Waals surface area contributed by atoms with Gasteiger partial charge in [-0.2, -0.15) is 4.98 Å². The van der Waals surface area contributed by atoms with Gasteiger partial charge in [0.15, 0.2) is 5.82 Å². The van der Waals surface area contributed by atoms with E-state index < -0.39 is 0 Å². The van der Waals surface area contributed by atoms with Crippen LogP contribution in [0.3, 0.4) is 0 Å². The highest BCUT2D eigenvalue weighted by Crippen LogP contribution is 2.40. The molecule has 5 nitrogen and oxygen atoms in total. The minimum absolute atomic E-state index is 0.458. The molecule has 0 atom stereocenters. The molecule has 1 saturated carbocycles. The van der Waals surface area contributed by atoms with E-state index in [0.717, 1.165) is 18.7 Å². The van der Waals surface area contributed by atoms with Crippen LogP contribution in [0.2, 0.25) is 0 Å². The van der Waals surface area contributed by atoms with Gasteiger partial charge in [-0.05, 0) is 32.3 Å². The van der Waals surface area contributed by atoms with Crippen molar-refractivity contribution in [2.24, 2.45) is 0 Å². The van der Waals surface area contributed by atoms with Gasteiger partial charge in [0, 0.05) is 12.5 Å². The molecule has 0 radical (unpaired) electrons. The highest BCUT2D eigenvalue weighted by molar-refractivity contribution is 5.67. The first kappa shape index (κ1) is 14.6. The van der Waals surface area contributed by atoms with Crippen LogP contribution in [0.5, 0.6) is 5.88 Å². The number of hydrogen-bond donors (Lipinski definition) is 2. The van der Waals surface area contributed by atoms with Crippen LogP contribution in [-0.4, -0.2) is 16.6 Å². The lowest BCUT2D eigenvalue weighted by atomic mass is 10.1. The molecule has 22 heavy (non-hydrogen) atoms. The van der Waals surface area contributed by atoms with E-state index in [-0.39, 0.29) is 0 Å². The molecule has 1 aromatic heterocycles. The average molecular weight is 298 g/mol. The van der Waals surface area contributed by atoms with E-state index in [4.69, 9.17) is 10.5 Å². The number of ether oxygens (including phenoxy) is 1. The number of aryl methyl sites for hydroxylation is 1. The Hall–Kier alpha value is -2.30. The zero-order valence-electron chi connectivity index (χ0n) is 13.1. The Morgan fingerprint density at radius 3 is 2.59 bits per heavy atom. The molecule has 5 heteroatoms. The monoisotopic (exact) mass is 298 g/mol. The van der Waals surface area contributed by atoms with Crippen LogP contribution in [0, 0.1) is 6.92 Å². The number of nitrogen functional groups attached to an aromatic ring is 1. The number of anilines is 2. The average Bonchev–Trinajstić information content (AvgIpc) is 3.35. The molecule has 1 aliphatic rings. The van der Waals surface area contributed by atoms with E-state index in [1.165, 1.54) is 11.1 Å². The maximum Gasteiger partial charge on any atom is 0.242 e. The smallest absolute Gasteiger partial charge is 0.242 e. The van der Waals surface area contributed by atoms with Crippen molar-refractivity contribution in [1.29, 1.82) is 0 Å². The summed E-state index contributed by atoms with van der Waals surface area (Å²) in [7, 11) is 0. The molecule has 1 fully saturated rings. The molecule has 0 unspecified atom stereocenters. The SMILES string of the molecule is CCOc1nc(C2CC2)nc(NCc2ccc(C)cc2)c1N. The van der Waals surface area contributed by atoms with Crippen LogP contribution >= 0.6 is 0 Å². The van der Waals surface area contributed by atoms with E-state index in [9.17, 15) is 0 Å². The zero-order chi connectivity index (χ0) is 15.5. The predicted molar refractivity (Wildman–Crippen MR) is 88.1 cm³/mol. The summed E-state index contributed by atoms with van der Waals surface area (Å²) >= 11 is 0. The summed E-state index contributed by atoms with van der Waals surface area (Å²) in [5.74, 6) is 2.45. The second-order valence-electron chi connectivity index (χ2n) is 5.70. The Labute approximate surface area is 130 Å². The van der Waals surface area contributed by atoms with Crippen LogP contribution in [0.25, 0.3) is 0 Å². The first-order chi connectivity index (χ1) is 10.7. The summed E-state index contributed by atoms with van der Waals surface area (Å²) in [4.78, 5) is 9.04. The lowest BCUT2D eigenvalue weighted by molar-refractivity contribution is 0.327. The normalized spacial score (nSPS) is 13.9. The van der Waals surface area contributed by atoms with E-state index >= 15 is 0 Å². The van der Waals surface area contributed by atoms with Crippen LogP contribution in [0.1, 0.15) is 42.6 Å². The van der Waals surface area contributed by atoms with Crippen LogP contribution in [0.15, 0.2) is 24.3 Å². The minimum Gasteiger partial charge on any atom is -0.476 e. The maximum atomic E-state index is 6.13. The van der Waals surface area contributed by atoms with Gasteiger partial charge in [-0.25, -0.2) is 4.98 Å². The molecular formula is C17H22N4O. The van der Waals surface area contributed by atoms with Crippen molar-refractivity contribution in [3.05, 3.63) is 41.2 Å². The van der Waals surface area contributed by atoms with Gasteiger partial charge >= 0.3 is 0 Å². The number of nitrogens with one attached hydrogen (secondary N) is 1. The molecule has 0 bridgehead atoms. The lowest BCUT2D eigenvalue weighted by Crippen LogP contribution is -2.10. The van der Waals surface area contributed by atoms with E-state index in [1.54, 1.807) is 0 Å². The highest BCUT2D eigenvalue weighted by atomic mass is 16.5. The molecule has 1 aromatic carbocycles. The van der Waals surface area contributed by atoms with E-state index in [0.29, 0.717) is 36.5 Å². The van der Waals surface area contributed by atoms with Crippen LogP contribution < -0.4 is 15.8 Å². The fourth-order valence-electron chi connectivity index (χ4n) is 2.26. The van der Waals surface area contributed by atoms with Crippen molar-refractivity contribution in [1.82, 2.24) is 9.97 Å². The molecule has 116 valence electrons. The van der Waals surface area contributed by atoms with Crippen molar-refractivity contribution in [2.75, 3.05) is 17.7 Å². The van der Waals surface area contributed by atoms with Gasteiger partial charge in [0.1, 0.15) is 11.5 Å². The standard InChI is InChI=1S/C17H22N4O/c1-3-22-17-14(18)16(20-15(21-17)13-8-9-13)19-10-12-6-4-11(2)5-7-12/h4-7,13H,3,8-10,18H2,1-2H3,(H,19,20,21). The lowest BCUT2D eigenvalue weighted by Gasteiger charge is -2.13. The molecule has 2 aromatic rings. The fourth-order valence-corrected chi connectivity index (χ4v) is 2.26. The summed E-state index contributed by atoms with van der Waals surface area (Å²) in [5, 5.41) is 3.31. The maximum absolute atomic E-state index is 6.13. The Morgan fingerprint density at radius 1 is 1.23 bits per heavy atom. The summed E-state index contributed by atoms with van der Waals surface area (Å²) in [6, 6.07) is 8.40. The molecule has 1 heterocycles. The van der Waals surface area contributed by atoms with Crippen molar-refractivity contribution in [3.63, 3.8) is 0 Å². The van der Waals surface area contributed by atoms with Gasteiger partial charge in [-0.3, -0.25) is 0 Å². The summed E-state index contributed by atoms with van der Waals surface area (Å²) < 4.78 is 5.55. The third-order valence-corrected chi connectivity index (χ3v) is 3.73. The van der Waals surface area contributed by atoms with Crippen molar-refractivity contribution >= 4 is 11.5 Å². The van der Waals surface area contributed by atoms with Gasteiger partial charge in [0.25, 0.3) is 0 Å². The van der Waals surface area contributed by atoms with Gasteiger partial charge < -0.3 is 15.8 Å². The van der Waals surface area contributed by atoms with Gasteiger partial charge in [0.05, 0.1) is 6.61 Å². The third-order valence-electron chi connectivity index (χ3n) is 3.73. The topological polar surface area (TPSA) is 73.1 Å². The zero-order valence-corrected chi connectivity index (χ0v) is 13.1. The number of nitrogens with zero attached hydrogens (tertiary/aromatic N) is 2. The number of hydrogen-bond acceptors (Lipinski definition) is 5. The van der Waals surface area contributed by atoms with Gasteiger partial charge in [-0.15, -0.1) is 0 Å². The van der Waals surface area contributed by atoms with Crippen molar-refractivity contribution < 1.29 is 4.74 Å². The van der Waals surface area contributed by atoms with Crippen LogP contribution in [0.4, 0.5) is 11.5 Å². The Bertz CT molecular complexity index is 650. The first-order valence-electron chi connectivity index (χ1n) is 7.77. The summed E-state index contributed by atoms with van der Waals surface area (Å²) in [6.07, 6.45) is 2.29. The number of benzene rings is 1. The van der Waals surface area contributed by atoms with Crippen LogP contribution in [-0.2, 0) is 6.54 Å². The molecule has 0 saturated heterocycles. The number of nitrogens with two attached hydrogens (primary N) is 1. The number of aromatic nitrogens is 2. The Kier molecular flexibility index (Phi) is 4.13. The largest absolute Gasteiger partial charge is 0.476 e. The summed E-state index contributed by atoms with van der Waals surface area (Å²) in [6.45, 7) is 5.23. The Balaban J connectivity index is 1.80. The van der Waals surface area contributed by atoms with Gasteiger partial charge in [-0.1, -0.05) is 29.8 Å². The summed E-state index contributed by atoms with van der Waals surface area (Å²) in [5.41, 5.74) is 9.06. The van der Waals surface area contributed by atoms with E-state index in [1.807, 2.05) is 6.92 Å². The molecule has 0 amide bonds. The third kappa shape index (κ3) is 3.30. The molecule has 3 rings (SSSR count). The molecular weight excluding hydrogens is 276 g/mol. The second kappa shape index (κ2) is 6.22. The molecule has 3 N–H and O–H groups in total. The van der Waals surface area contributed by atoms with Crippen molar-refractivity contribution in [3.8, 4) is 5.88 Å². The van der Waals surface area contributed by atoms with Gasteiger partial charge in [0.2, 0.25) is 5.88 Å². The molecule has 0 aliphatic heterocycles. The quantitative estimate of drug-likeness (QED) is 0.856. The van der Waals surface area contributed by atoms with E-state index in [2.05, 4.69) is 46.5 Å². The molecule has 0 spiro atoms. The second-order valence-corrected chi connectivity index (χ2v) is 5.70. The predicted octanol–water partition coefficient (Wildman–Crippen LogP) is 3.26. The molecule has 1 aliphatic carbocycles. The number of rotatable bonds is 6. The Morgan fingerprint density at radius 2 is 1.95 bits per heavy atom. The highest BCUT2D eigenvalue weighted by Gasteiger charge is 2.28. The minimum atomic E-state index is 0.458. The first-order valence-corrected chi connectivity index (χ1v) is 7.77. The fraction of sp³-hybridized carbons (Fsp3) is 0.412. The van der Waals surface area contributed by atoms with Crippen molar-refractivity contribution in [2.45, 2.75) is 39.2 Å².